The first-order valence-corrected chi connectivity index (χ1v) is 6.98. The highest BCUT2D eigenvalue weighted by Gasteiger charge is 2.03. The van der Waals surface area contributed by atoms with Gasteiger partial charge in [-0.25, -0.2) is 0 Å². The predicted molar refractivity (Wildman–Crippen MR) is 74.2 cm³/mol. The number of nitrogens with zero attached hydrogens (tertiary/aromatic N) is 1. The van der Waals surface area contributed by atoms with Crippen LogP contribution in [0.3, 0.4) is 0 Å². The maximum Gasteiger partial charge on any atom is 0.0705 e. The van der Waals surface area contributed by atoms with Gasteiger partial charge in [0.15, 0.2) is 0 Å². The van der Waals surface area contributed by atoms with Gasteiger partial charge >= 0.3 is 0 Å². The van der Waals surface area contributed by atoms with E-state index in [-0.39, 0.29) is 6.61 Å². The van der Waals surface area contributed by atoms with E-state index < -0.39 is 0 Å². The molecule has 90 valence electrons. The molecule has 2 nitrogen and oxygen atoms in total. The molecular formula is C14H17NOS. The summed E-state index contributed by atoms with van der Waals surface area (Å²) in [6.45, 7) is 2.34. The van der Waals surface area contributed by atoms with Gasteiger partial charge in [0.2, 0.25) is 0 Å². The molecule has 0 saturated heterocycles. The highest BCUT2D eigenvalue weighted by molar-refractivity contribution is 7.98. The largest absolute Gasteiger partial charge is 0.396 e. The number of para-hydroxylation sites is 1. The van der Waals surface area contributed by atoms with Crippen LogP contribution in [0.4, 0.5) is 0 Å². The second kappa shape index (κ2) is 6.03. The van der Waals surface area contributed by atoms with E-state index in [2.05, 4.69) is 30.1 Å². The molecule has 1 N–H and O–H groups in total. The quantitative estimate of drug-likeness (QED) is 0.881. The van der Waals surface area contributed by atoms with Gasteiger partial charge in [0, 0.05) is 23.9 Å². The van der Waals surface area contributed by atoms with Gasteiger partial charge in [0.05, 0.1) is 5.52 Å². The zero-order valence-electron chi connectivity index (χ0n) is 9.97. The van der Waals surface area contributed by atoms with Crippen molar-refractivity contribution in [1.29, 1.82) is 0 Å². The van der Waals surface area contributed by atoms with Gasteiger partial charge in [0.1, 0.15) is 0 Å². The molecule has 0 bridgehead atoms. The van der Waals surface area contributed by atoms with Crippen LogP contribution in [0.5, 0.6) is 0 Å². The summed E-state index contributed by atoms with van der Waals surface area (Å²) in [6, 6.07) is 10.3. The molecule has 1 aromatic heterocycles. The Labute approximate surface area is 106 Å². The van der Waals surface area contributed by atoms with Crippen molar-refractivity contribution in [3.05, 3.63) is 42.1 Å². The van der Waals surface area contributed by atoms with Crippen LogP contribution in [0, 0.1) is 5.92 Å². The number of thioether (sulfide) groups is 1. The summed E-state index contributed by atoms with van der Waals surface area (Å²) >= 11 is 1.87. The van der Waals surface area contributed by atoms with Crippen LogP contribution in [-0.2, 0) is 5.75 Å². The van der Waals surface area contributed by atoms with Gasteiger partial charge in [0.25, 0.3) is 0 Å². The van der Waals surface area contributed by atoms with Crippen LogP contribution in [0.1, 0.15) is 12.5 Å². The number of aliphatic hydroxyl groups is 1. The summed E-state index contributed by atoms with van der Waals surface area (Å²) in [6.07, 6.45) is 1.87. The molecule has 1 heterocycles. The standard InChI is InChI=1S/C14H17NOS/c1-11(8-16)9-17-10-12-6-7-15-14-5-3-2-4-13(12)14/h2-7,11,16H,8-10H2,1H3. The molecule has 1 atom stereocenters. The van der Waals surface area contributed by atoms with Crippen LogP contribution in [0.2, 0.25) is 0 Å². The molecule has 0 aliphatic heterocycles. The third-order valence-corrected chi connectivity index (χ3v) is 4.03. The van der Waals surface area contributed by atoms with Gasteiger partial charge in [-0.2, -0.15) is 11.8 Å². The minimum Gasteiger partial charge on any atom is -0.396 e. The monoisotopic (exact) mass is 247 g/mol. The number of aliphatic hydroxyl groups excluding tert-OH is 1. The van der Waals surface area contributed by atoms with Crippen molar-refractivity contribution in [3.8, 4) is 0 Å². The van der Waals surface area contributed by atoms with Gasteiger partial charge in [-0.05, 0) is 29.4 Å². The second-order valence-corrected chi connectivity index (χ2v) is 5.32. The van der Waals surface area contributed by atoms with E-state index in [1.807, 2.05) is 30.1 Å². The van der Waals surface area contributed by atoms with E-state index in [1.54, 1.807) is 0 Å². The van der Waals surface area contributed by atoms with Crippen molar-refractivity contribution in [2.75, 3.05) is 12.4 Å². The summed E-state index contributed by atoms with van der Waals surface area (Å²) in [5, 5.41) is 10.2. The fraction of sp³-hybridized carbons (Fsp3) is 0.357. The molecule has 0 radical (unpaired) electrons. The van der Waals surface area contributed by atoms with Crippen molar-refractivity contribution in [3.63, 3.8) is 0 Å². The third kappa shape index (κ3) is 3.20. The predicted octanol–water partition coefficient (Wildman–Crippen LogP) is 3.10. The van der Waals surface area contributed by atoms with Crippen molar-refractivity contribution < 1.29 is 5.11 Å². The molecule has 2 rings (SSSR count). The van der Waals surface area contributed by atoms with Gasteiger partial charge in [-0.3, -0.25) is 4.98 Å². The van der Waals surface area contributed by atoms with E-state index in [4.69, 9.17) is 5.11 Å². The molecule has 3 heteroatoms. The van der Waals surface area contributed by atoms with Crippen LogP contribution in [0.25, 0.3) is 10.9 Å². The number of pyridine rings is 1. The lowest BCUT2D eigenvalue weighted by molar-refractivity contribution is 0.250. The molecule has 1 unspecified atom stereocenters. The average Bonchev–Trinajstić information content (AvgIpc) is 2.39. The highest BCUT2D eigenvalue weighted by Crippen LogP contribution is 2.22. The number of hydrogen-bond acceptors (Lipinski definition) is 3. The molecule has 17 heavy (non-hydrogen) atoms. The number of aromatic nitrogens is 1. The Balaban J connectivity index is 2.08. The Morgan fingerprint density at radius 1 is 1.29 bits per heavy atom. The fourth-order valence-electron chi connectivity index (χ4n) is 1.70. The van der Waals surface area contributed by atoms with Crippen molar-refractivity contribution in [2.45, 2.75) is 12.7 Å². The molecule has 0 amide bonds. The third-order valence-electron chi connectivity index (χ3n) is 2.71. The Morgan fingerprint density at radius 3 is 2.94 bits per heavy atom. The van der Waals surface area contributed by atoms with Gasteiger partial charge in [-0.1, -0.05) is 25.1 Å². The molecule has 0 fully saturated rings. The minimum absolute atomic E-state index is 0.268. The zero-order valence-corrected chi connectivity index (χ0v) is 10.8. The van der Waals surface area contributed by atoms with Crippen molar-refractivity contribution >= 4 is 22.7 Å². The van der Waals surface area contributed by atoms with Crippen LogP contribution >= 0.6 is 11.8 Å². The maximum absolute atomic E-state index is 8.98. The van der Waals surface area contributed by atoms with Gasteiger partial charge < -0.3 is 5.11 Å². The smallest absolute Gasteiger partial charge is 0.0705 e. The lowest BCUT2D eigenvalue weighted by atomic mass is 10.1. The molecule has 0 saturated carbocycles. The first-order chi connectivity index (χ1) is 8.31. The van der Waals surface area contributed by atoms with E-state index in [0.29, 0.717) is 5.92 Å². The molecule has 0 aliphatic rings. The zero-order chi connectivity index (χ0) is 12.1. The van der Waals surface area contributed by atoms with E-state index in [9.17, 15) is 0 Å². The number of hydrogen-bond donors (Lipinski definition) is 1. The summed E-state index contributed by atoms with van der Waals surface area (Å²) in [5.74, 6) is 2.34. The normalized spacial score (nSPS) is 12.8. The summed E-state index contributed by atoms with van der Waals surface area (Å²) in [7, 11) is 0. The molecular weight excluding hydrogens is 230 g/mol. The summed E-state index contributed by atoms with van der Waals surface area (Å²) in [5.41, 5.74) is 2.38. The molecule has 0 aliphatic carbocycles. The summed E-state index contributed by atoms with van der Waals surface area (Å²) in [4.78, 5) is 4.35. The lowest BCUT2D eigenvalue weighted by Gasteiger charge is -2.08. The summed E-state index contributed by atoms with van der Waals surface area (Å²) < 4.78 is 0. The van der Waals surface area contributed by atoms with Crippen LogP contribution in [-0.4, -0.2) is 22.5 Å². The fourth-order valence-corrected chi connectivity index (χ4v) is 2.80. The molecule has 2 aromatic rings. The van der Waals surface area contributed by atoms with Crippen LogP contribution in [0.15, 0.2) is 36.5 Å². The van der Waals surface area contributed by atoms with Crippen LogP contribution < -0.4 is 0 Å². The highest BCUT2D eigenvalue weighted by atomic mass is 32.2. The van der Waals surface area contributed by atoms with E-state index in [0.717, 1.165) is 17.0 Å². The molecule has 1 aromatic carbocycles. The topological polar surface area (TPSA) is 33.1 Å². The number of rotatable bonds is 5. The second-order valence-electron chi connectivity index (χ2n) is 4.29. The Kier molecular flexibility index (Phi) is 4.40. The van der Waals surface area contributed by atoms with Gasteiger partial charge in [-0.15, -0.1) is 0 Å². The molecule has 0 spiro atoms. The Morgan fingerprint density at radius 2 is 2.12 bits per heavy atom. The first-order valence-electron chi connectivity index (χ1n) is 5.82. The Bertz CT molecular complexity index is 481. The maximum atomic E-state index is 8.98. The van der Waals surface area contributed by atoms with E-state index in [1.165, 1.54) is 10.9 Å². The number of fused-ring (bicyclic) bond motifs is 1. The van der Waals surface area contributed by atoms with E-state index >= 15 is 0 Å². The SMILES string of the molecule is CC(CO)CSCc1ccnc2ccccc12. The van der Waals surface area contributed by atoms with Crippen molar-refractivity contribution in [1.82, 2.24) is 4.98 Å². The Hall–Kier alpha value is -1.06. The lowest BCUT2D eigenvalue weighted by Crippen LogP contribution is -2.03. The minimum atomic E-state index is 0.268. The average molecular weight is 247 g/mol. The van der Waals surface area contributed by atoms with Crippen molar-refractivity contribution in [2.24, 2.45) is 5.92 Å². The number of benzene rings is 1. The first kappa shape index (κ1) is 12.4.